The molecule has 1 aliphatic rings. The summed E-state index contributed by atoms with van der Waals surface area (Å²) in [5.74, 6) is -0.461. The number of amides is 1. The summed E-state index contributed by atoms with van der Waals surface area (Å²) in [6.45, 7) is 2.61. The zero-order valence-corrected chi connectivity index (χ0v) is 13.0. The highest BCUT2D eigenvalue weighted by Gasteiger charge is 2.45. The second kappa shape index (κ2) is 8.15. The van der Waals surface area contributed by atoms with Gasteiger partial charge in [-0.25, -0.2) is 4.18 Å². The number of aliphatic hydroxyl groups excluding tert-OH is 2. The molecular formula is C11H21NO9S. The van der Waals surface area contributed by atoms with Crippen molar-refractivity contribution in [3.8, 4) is 0 Å². The van der Waals surface area contributed by atoms with Gasteiger partial charge in [-0.05, 0) is 6.42 Å². The molecule has 0 aliphatic carbocycles. The first-order valence-electron chi connectivity index (χ1n) is 6.67. The third-order valence-corrected chi connectivity index (χ3v) is 3.37. The van der Waals surface area contributed by atoms with E-state index in [0.29, 0.717) is 6.42 Å². The SMILES string of the molecule is CCCO[C@@H]1O[C@H](COS(=O)(=O)O)[C@@H](O)[C@H](O)[C@H]1NC(C)=O. The highest BCUT2D eigenvalue weighted by molar-refractivity contribution is 7.80. The number of ether oxygens (including phenoxy) is 2. The number of hydrogen-bond donors (Lipinski definition) is 4. The van der Waals surface area contributed by atoms with E-state index in [1.165, 1.54) is 6.92 Å². The minimum atomic E-state index is -4.71. The quantitative estimate of drug-likeness (QED) is 0.392. The molecule has 1 aliphatic heterocycles. The fourth-order valence-corrected chi connectivity index (χ4v) is 2.29. The van der Waals surface area contributed by atoms with Crippen LogP contribution in [0.5, 0.6) is 0 Å². The van der Waals surface area contributed by atoms with Gasteiger partial charge in [-0.1, -0.05) is 6.92 Å². The maximum atomic E-state index is 11.2. The molecule has 0 bridgehead atoms. The number of nitrogens with one attached hydrogen (secondary N) is 1. The summed E-state index contributed by atoms with van der Waals surface area (Å²) in [7, 11) is -4.71. The van der Waals surface area contributed by atoms with Gasteiger partial charge in [0, 0.05) is 13.5 Å². The number of carbonyl (C=O) groups is 1. The lowest BCUT2D eigenvalue weighted by Crippen LogP contribution is -2.64. The predicted octanol–water partition coefficient (Wildman–Crippen LogP) is -1.82. The Morgan fingerprint density at radius 3 is 2.45 bits per heavy atom. The third kappa shape index (κ3) is 5.76. The summed E-state index contributed by atoms with van der Waals surface area (Å²) in [5, 5.41) is 22.4. The molecule has 1 fully saturated rings. The molecular weight excluding hydrogens is 322 g/mol. The Morgan fingerprint density at radius 1 is 1.32 bits per heavy atom. The van der Waals surface area contributed by atoms with Gasteiger partial charge in [0.25, 0.3) is 0 Å². The summed E-state index contributed by atoms with van der Waals surface area (Å²) in [4.78, 5) is 11.2. The topological polar surface area (TPSA) is 152 Å². The van der Waals surface area contributed by atoms with Crippen molar-refractivity contribution >= 4 is 16.3 Å². The van der Waals surface area contributed by atoms with E-state index < -0.39 is 53.6 Å². The van der Waals surface area contributed by atoms with Crippen LogP contribution in [0.4, 0.5) is 0 Å². The van der Waals surface area contributed by atoms with Gasteiger partial charge in [0.05, 0.1) is 6.61 Å². The summed E-state index contributed by atoms with van der Waals surface area (Å²) in [6, 6.07) is -1.03. The Bertz CT molecular complexity index is 468. The van der Waals surface area contributed by atoms with Crippen LogP contribution < -0.4 is 5.32 Å². The fraction of sp³-hybridized carbons (Fsp3) is 0.909. The summed E-state index contributed by atoms with van der Waals surface area (Å²) < 4.78 is 44.5. The van der Waals surface area contributed by atoms with Crippen LogP contribution in [0.3, 0.4) is 0 Å². The minimum absolute atomic E-state index is 0.259. The third-order valence-electron chi connectivity index (χ3n) is 2.94. The smallest absolute Gasteiger partial charge is 0.388 e. The van der Waals surface area contributed by atoms with Crippen LogP contribution in [0.2, 0.25) is 0 Å². The lowest BCUT2D eigenvalue weighted by Gasteiger charge is -2.42. The van der Waals surface area contributed by atoms with Crippen LogP contribution in [0.15, 0.2) is 0 Å². The molecule has 1 rings (SSSR count). The first kappa shape index (κ1) is 19.2. The molecule has 1 saturated heterocycles. The number of carbonyl (C=O) groups excluding carboxylic acids is 1. The van der Waals surface area contributed by atoms with Crippen molar-refractivity contribution in [2.75, 3.05) is 13.2 Å². The van der Waals surface area contributed by atoms with Crippen molar-refractivity contribution in [2.45, 2.75) is 50.9 Å². The molecule has 4 N–H and O–H groups in total. The van der Waals surface area contributed by atoms with Gasteiger partial charge in [0.1, 0.15) is 24.4 Å². The second-order valence-electron chi connectivity index (χ2n) is 4.83. The average Bonchev–Trinajstić information content (AvgIpc) is 2.40. The van der Waals surface area contributed by atoms with Crippen LogP contribution in [0.25, 0.3) is 0 Å². The molecule has 130 valence electrons. The molecule has 5 atom stereocenters. The molecule has 0 saturated carbocycles. The standard InChI is InChI=1S/C11H21NO9S/c1-3-4-19-11-8(12-6(2)13)10(15)9(14)7(21-11)5-20-22(16,17)18/h7-11,14-15H,3-5H2,1-2H3,(H,12,13)(H,16,17,18)/t7-,8-,9-,10-,11-/m1/s1. The van der Waals surface area contributed by atoms with Crippen molar-refractivity contribution < 1.29 is 41.6 Å². The molecule has 0 radical (unpaired) electrons. The van der Waals surface area contributed by atoms with E-state index in [9.17, 15) is 23.4 Å². The largest absolute Gasteiger partial charge is 0.397 e. The lowest BCUT2D eigenvalue weighted by atomic mass is 9.97. The van der Waals surface area contributed by atoms with Crippen molar-refractivity contribution in [3.05, 3.63) is 0 Å². The van der Waals surface area contributed by atoms with Crippen molar-refractivity contribution in [1.29, 1.82) is 0 Å². The minimum Gasteiger partial charge on any atom is -0.388 e. The van der Waals surface area contributed by atoms with Crippen LogP contribution >= 0.6 is 0 Å². The molecule has 0 aromatic carbocycles. The van der Waals surface area contributed by atoms with Gasteiger partial charge in [0.2, 0.25) is 5.91 Å². The van der Waals surface area contributed by atoms with Gasteiger partial charge in [-0.3, -0.25) is 9.35 Å². The predicted molar refractivity (Wildman–Crippen MR) is 72.0 cm³/mol. The molecule has 0 aromatic rings. The monoisotopic (exact) mass is 343 g/mol. The highest BCUT2D eigenvalue weighted by atomic mass is 32.3. The van der Waals surface area contributed by atoms with Gasteiger partial charge in [-0.2, -0.15) is 8.42 Å². The van der Waals surface area contributed by atoms with E-state index >= 15 is 0 Å². The van der Waals surface area contributed by atoms with E-state index in [2.05, 4.69) is 9.50 Å². The molecule has 1 heterocycles. The second-order valence-corrected chi connectivity index (χ2v) is 5.92. The first-order chi connectivity index (χ1) is 10.2. The number of aliphatic hydroxyl groups is 2. The van der Waals surface area contributed by atoms with E-state index in [0.717, 1.165) is 0 Å². The fourth-order valence-electron chi connectivity index (χ4n) is 1.99. The molecule has 0 spiro atoms. The van der Waals surface area contributed by atoms with Crippen molar-refractivity contribution in [3.63, 3.8) is 0 Å². The molecule has 0 aromatic heterocycles. The van der Waals surface area contributed by atoms with Crippen LogP contribution in [0.1, 0.15) is 20.3 Å². The molecule has 22 heavy (non-hydrogen) atoms. The summed E-state index contributed by atoms with van der Waals surface area (Å²) in [6.07, 6.45) is -4.73. The van der Waals surface area contributed by atoms with Gasteiger partial charge in [0.15, 0.2) is 6.29 Å². The Labute approximate surface area is 128 Å². The van der Waals surface area contributed by atoms with Crippen LogP contribution in [-0.4, -0.2) is 72.9 Å². The van der Waals surface area contributed by atoms with Gasteiger partial charge >= 0.3 is 10.4 Å². The number of rotatable bonds is 7. The van der Waals surface area contributed by atoms with Gasteiger partial charge < -0.3 is 25.0 Å². The summed E-state index contributed by atoms with van der Waals surface area (Å²) in [5.41, 5.74) is 0. The first-order valence-corrected chi connectivity index (χ1v) is 8.04. The van der Waals surface area contributed by atoms with Crippen LogP contribution in [0, 0.1) is 0 Å². The Morgan fingerprint density at radius 2 is 1.95 bits per heavy atom. The molecule has 1 amide bonds. The molecule has 0 unspecified atom stereocenters. The van der Waals surface area contributed by atoms with E-state index in [1.54, 1.807) is 0 Å². The molecule has 10 nitrogen and oxygen atoms in total. The van der Waals surface area contributed by atoms with E-state index in [1.807, 2.05) is 6.92 Å². The number of hydrogen-bond acceptors (Lipinski definition) is 8. The molecule has 11 heteroatoms. The summed E-state index contributed by atoms with van der Waals surface area (Å²) >= 11 is 0. The van der Waals surface area contributed by atoms with E-state index in [-0.39, 0.29) is 6.61 Å². The van der Waals surface area contributed by atoms with Crippen molar-refractivity contribution in [1.82, 2.24) is 5.32 Å². The van der Waals surface area contributed by atoms with Gasteiger partial charge in [-0.15, -0.1) is 0 Å². The maximum Gasteiger partial charge on any atom is 0.397 e. The maximum absolute atomic E-state index is 11.2. The van der Waals surface area contributed by atoms with Crippen molar-refractivity contribution in [2.24, 2.45) is 0 Å². The zero-order chi connectivity index (χ0) is 16.9. The average molecular weight is 343 g/mol. The highest BCUT2D eigenvalue weighted by Crippen LogP contribution is 2.23. The Hall–Kier alpha value is -0.820. The van der Waals surface area contributed by atoms with E-state index in [4.69, 9.17) is 14.0 Å². The van der Waals surface area contributed by atoms with Crippen LogP contribution in [-0.2, 0) is 28.9 Å². The zero-order valence-electron chi connectivity index (χ0n) is 12.2. The lowest BCUT2D eigenvalue weighted by molar-refractivity contribution is -0.268. The Balaban J connectivity index is 2.81. The normalized spacial score (nSPS) is 32.7. The Kier molecular flexibility index (Phi) is 7.12.